The molecule has 0 radical (unpaired) electrons. The first-order chi connectivity index (χ1) is 9.12. The fourth-order valence-corrected chi connectivity index (χ4v) is 5.08. The number of sulfone groups is 1. The third kappa shape index (κ3) is 4.41. The highest BCUT2D eigenvalue weighted by molar-refractivity contribution is 7.91. The van der Waals surface area contributed by atoms with Crippen molar-refractivity contribution in [1.82, 2.24) is 10.2 Å². The molecule has 0 aromatic rings. The topological polar surface area (TPSA) is 58.6 Å². The Bertz CT molecular complexity index is 366. The maximum Gasteiger partial charge on any atom is 0.153 e. The van der Waals surface area contributed by atoms with Crippen LogP contribution in [-0.2, 0) is 14.6 Å². The van der Waals surface area contributed by atoms with Crippen molar-refractivity contribution in [1.29, 1.82) is 0 Å². The summed E-state index contributed by atoms with van der Waals surface area (Å²) in [6.45, 7) is 6.16. The van der Waals surface area contributed by atoms with Crippen LogP contribution in [0, 0.1) is 0 Å². The molecule has 2 rings (SSSR count). The highest BCUT2D eigenvalue weighted by atomic mass is 32.2. The van der Waals surface area contributed by atoms with Crippen LogP contribution in [0.1, 0.15) is 26.2 Å². The van der Waals surface area contributed by atoms with E-state index in [-0.39, 0.29) is 17.8 Å². The minimum atomic E-state index is -2.88. The molecule has 0 amide bonds. The lowest BCUT2D eigenvalue weighted by Crippen LogP contribution is -2.51. The molecule has 2 fully saturated rings. The van der Waals surface area contributed by atoms with Gasteiger partial charge in [-0.2, -0.15) is 0 Å². The molecule has 0 saturated carbocycles. The number of hydrogen-bond donors (Lipinski definition) is 1. The van der Waals surface area contributed by atoms with E-state index in [0.717, 1.165) is 19.6 Å². The molecule has 1 N–H and O–H groups in total. The molecule has 19 heavy (non-hydrogen) atoms. The average molecular weight is 290 g/mol. The Morgan fingerprint density at radius 3 is 2.63 bits per heavy atom. The summed E-state index contributed by atoms with van der Waals surface area (Å²) in [6.07, 6.45) is 3.67. The predicted molar refractivity (Wildman–Crippen MR) is 76.1 cm³/mol. The monoisotopic (exact) mass is 290 g/mol. The van der Waals surface area contributed by atoms with Crippen LogP contribution in [0.3, 0.4) is 0 Å². The van der Waals surface area contributed by atoms with Gasteiger partial charge in [0.1, 0.15) is 0 Å². The van der Waals surface area contributed by atoms with E-state index in [2.05, 4.69) is 10.2 Å². The molecule has 5 nitrogen and oxygen atoms in total. The van der Waals surface area contributed by atoms with Gasteiger partial charge in [-0.1, -0.05) is 6.42 Å². The van der Waals surface area contributed by atoms with Crippen LogP contribution in [0.4, 0.5) is 0 Å². The Hall–Kier alpha value is -0.170. The Labute approximate surface area is 116 Å². The van der Waals surface area contributed by atoms with Gasteiger partial charge in [0.2, 0.25) is 0 Å². The van der Waals surface area contributed by atoms with E-state index in [9.17, 15) is 8.42 Å². The number of ether oxygens (including phenoxy) is 1. The predicted octanol–water partition coefficient (Wildman–Crippen LogP) is 0.264. The zero-order chi connectivity index (χ0) is 13.7. The number of piperidine rings is 1. The third-order valence-electron chi connectivity index (χ3n) is 4.04. The first kappa shape index (κ1) is 15.2. The Kier molecular flexibility index (Phi) is 5.62. The summed E-state index contributed by atoms with van der Waals surface area (Å²) in [5, 5.41) is 3.37. The van der Waals surface area contributed by atoms with Crippen molar-refractivity contribution in [3.8, 4) is 0 Å². The van der Waals surface area contributed by atoms with Crippen molar-refractivity contribution in [2.75, 3.05) is 44.4 Å². The van der Waals surface area contributed by atoms with Crippen LogP contribution < -0.4 is 5.32 Å². The lowest BCUT2D eigenvalue weighted by Gasteiger charge is -2.35. The smallest absolute Gasteiger partial charge is 0.153 e. The molecule has 6 heteroatoms. The summed E-state index contributed by atoms with van der Waals surface area (Å²) in [7, 11) is -2.88. The first-order valence-corrected chi connectivity index (χ1v) is 9.20. The fourth-order valence-electron chi connectivity index (χ4n) is 3.09. The van der Waals surface area contributed by atoms with Crippen LogP contribution in [0.15, 0.2) is 0 Å². The number of nitrogens with zero attached hydrogens (tertiary/aromatic N) is 1. The molecule has 2 aliphatic rings. The van der Waals surface area contributed by atoms with Gasteiger partial charge in [-0.05, 0) is 32.9 Å². The zero-order valence-electron chi connectivity index (χ0n) is 11.8. The van der Waals surface area contributed by atoms with Gasteiger partial charge in [0.25, 0.3) is 0 Å². The van der Waals surface area contributed by atoms with E-state index < -0.39 is 9.84 Å². The fraction of sp³-hybridized carbons (Fsp3) is 1.00. The summed E-state index contributed by atoms with van der Waals surface area (Å²) in [6, 6.07) is 0.232. The lowest BCUT2D eigenvalue weighted by molar-refractivity contribution is 0.131. The molecule has 0 aliphatic carbocycles. The molecule has 0 bridgehead atoms. The maximum atomic E-state index is 11.9. The second-order valence-electron chi connectivity index (χ2n) is 5.50. The summed E-state index contributed by atoms with van der Waals surface area (Å²) >= 11 is 0. The first-order valence-electron chi connectivity index (χ1n) is 7.38. The number of hydrogen-bond acceptors (Lipinski definition) is 5. The van der Waals surface area contributed by atoms with Crippen molar-refractivity contribution in [2.24, 2.45) is 0 Å². The average Bonchev–Trinajstić information content (AvgIpc) is 2.71. The SMILES string of the molecule is CCOCCN[C@H]1CS(=O)(=O)C[C@@H]1N1CCCCC1. The second kappa shape index (κ2) is 7.02. The molecule has 2 heterocycles. The van der Waals surface area contributed by atoms with Crippen LogP contribution in [0.2, 0.25) is 0 Å². The van der Waals surface area contributed by atoms with Gasteiger partial charge in [-0.25, -0.2) is 8.42 Å². The van der Waals surface area contributed by atoms with Gasteiger partial charge in [-0.3, -0.25) is 4.90 Å². The molecule has 0 aromatic carbocycles. The standard InChI is InChI=1S/C13H26N2O3S/c1-2-18-9-6-14-12-10-19(16,17)11-13(12)15-7-4-3-5-8-15/h12-14H,2-11H2,1H3/t12-,13-/m0/s1. The van der Waals surface area contributed by atoms with Gasteiger partial charge in [-0.15, -0.1) is 0 Å². The van der Waals surface area contributed by atoms with Gasteiger partial charge in [0.05, 0.1) is 18.1 Å². The Balaban J connectivity index is 1.89. The molecule has 0 unspecified atom stereocenters. The Morgan fingerprint density at radius 1 is 1.21 bits per heavy atom. The van der Waals surface area contributed by atoms with Crippen LogP contribution in [0.5, 0.6) is 0 Å². The quantitative estimate of drug-likeness (QED) is 0.711. The van der Waals surface area contributed by atoms with Crippen molar-refractivity contribution in [2.45, 2.75) is 38.3 Å². The molecule has 0 spiro atoms. The van der Waals surface area contributed by atoms with Crippen LogP contribution in [0.25, 0.3) is 0 Å². The van der Waals surface area contributed by atoms with Crippen molar-refractivity contribution >= 4 is 9.84 Å². The lowest BCUT2D eigenvalue weighted by atomic mass is 10.1. The van der Waals surface area contributed by atoms with Crippen LogP contribution in [-0.4, -0.2) is 69.8 Å². The van der Waals surface area contributed by atoms with E-state index in [1.165, 1.54) is 19.3 Å². The van der Waals surface area contributed by atoms with E-state index in [1.54, 1.807) is 0 Å². The number of rotatable bonds is 6. The van der Waals surface area contributed by atoms with E-state index >= 15 is 0 Å². The Morgan fingerprint density at radius 2 is 1.95 bits per heavy atom. The van der Waals surface area contributed by atoms with Crippen molar-refractivity contribution in [3.63, 3.8) is 0 Å². The van der Waals surface area contributed by atoms with Gasteiger partial charge < -0.3 is 10.1 Å². The minimum absolute atomic E-state index is 0.0727. The van der Waals surface area contributed by atoms with Crippen molar-refractivity contribution in [3.05, 3.63) is 0 Å². The molecule has 112 valence electrons. The van der Waals surface area contributed by atoms with E-state index in [4.69, 9.17) is 4.74 Å². The molecule has 2 aliphatic heterocycles. The summed E-state index contributed by atoms with van der Waals surface area (Å²) < 4.78 is 29.1. The third-order valence-corrected chi connectivity index (χ3v) is 5.76. The largest absolute Gasteiger partial charge is 0.380 e. The summed E-state index contributed by atoms with van der Waals surface area (Å²) in [5.74, 6) is 0.597. The number of likely N-dealkylation sites (tertiary alicyclic amines) is 1. The highest BCUT2D eigenvalue weighted by Gasteiger charge is 2.40. The minimum Gasteiger partial charge on any atom is -0.380 e. The second-order valence-corrected chi connectivity index (χ2v) is 7.65. The highest BCUT2D eigenvalue weighted by Crippen LogP contribution is 2.22. The molecular formula is C13H26N2O3S. The zero-order valence-corrected chi connectivity index (χ0v) is 12.6. The van der Waals surface area contributed by atoms with E-state index in [0.29, 0.717) is 19.0 Å². The molecule has 2 saturated heterocycles. The summed E-state index contributed by atoms with van der Waals surface area (Å²) in [5.41, 5.74) is 0. The normalized spacial score (nSPS) is 31.6. The van der Waals surface area contributed by atoms with E-state index in [1.807, 2.05) is 6.92 Å². The molecule has 2 atom stereocenters. The number of nitrogens with one attached hydrogen (secondary N) is 1. The van der Waals surface area contributed by atoms with Crippen molar-refractivity contribution < 1.29 is 13.2 Å². The van der Waals surface area contributed by atoms with Gasteiger partial charge in [0.15, 0.2) is 9.84 Å². The summed E-state index contributed by atoms with van der Waals surface area (Å²) in [4.78, 5) is 2.37. The molecule has 0 aromatic heterocycles. The van der Waals surface area contributed by atoms with Gasteiger partial charge in [0, 0.05) is 25.2 Å². The molecular weight excluding hydrogens is 264 g/mol. The maximum absolute atomic E-state index is 11.9. The van der Waals surface area contributed by atoms with Crippen LogP contribution >= 0.6 is 0 Å². The van der Waals surface area contributed by atoms with Gasteiger partial charge >= 0.3 is 0 Å².